The van der Waals surface area contributed by atoms with Crippen molar-refractivity contribution in [2.24, 2.45) is 5.41 Å². The van der Waals surface area contributed by atoms with Crippen molar-refractivity contribution >= 4 is 17.5 Å². The third-order valence-corrected chi connectivity index (χ3v) is 3.48. The molecule has 0 aliphatic carbocycles. The average molecular weight is 274 g/mol. The summed E-state index contributed by atoms with van der Waals surface area (Å²) in [5.74, 6) is -0.467. The van der Waals surface area contributed by atoms with Crippen molar-refractivity contribution in [3.8, 4) is 0 Å². The van der Waals surface area contributed by atoms with Crippen molar-refractivity contribution < 1.29 is 9.59 Å². The summed E-state index contributed by atoms with van der Waals surface area (Å²) in [4.78, 5) is 26.4. The first-order valence-electron chi connectivity index (χ1n) is 6.81. The number of nitrogen functional groups attached to an aromatic ring is 1. The summed E-state index contributed by atoms with van der Waals surface area (Å²) in [7, 11) is 0. The molecule has 0 unspecified atom stereocenters. The van der Waals surface area contributed by atoms with E-state index in [1.54, 1.807) is 18.2 Å². The molecule has 4 nitrogen and oxygen atoms in total. The molecule has 2 amide bonds. The largest absolute Gasteiger partial charge is 0.399 e. The van der Waals surface area contributed by atoms with Gasteiger partial charge in [0.2, 0.25) is 0 Å². The van der Waals surface area contributed by atoms with E-state index in [1.807, 2.05) is 13.8 Å². The predicted molar refractivity (Wildman–Crippen MR) is 79.5 cm³/mol. The highest BCUT2D eigenvalue weighted by atomic mass is 16.2. The quantitative estimate of drug-likeness (QED) is 0.666. The minimum Gasteiger partial charge on any atom is -0.399 e. The molecule has 1 aromatic rings. The van der Waals surface area contributed by atoms with Gasteiger partial charge in [0.25, 0.3) is 11.8 Å². The standard InChI is InChI=1S/C16H22N2O2/c1-15(2,3)9-16(4,5)18-13(19)11-7-6-10(17)8-12(11)14(18)20/h6-8H,9,17H2,1-5H3. The first kappa shape index (κ1) is 14.6. The topological polar surface area (TPSA) is 63.4 Å². The van der Waals surface area contributed by atoms with E-state index in [9.17, 15) is 9.59 Å². The number of benzene rings is 1. The summed E-state index contributed by atoms with van der Waals surface area (Å²) in [6.07, 6.45) is 0.737. The number of anilines is 1. The van der Waals surface area contributed by atoms with Gasteiger partial charge in [-0.3, -0.25) is 14.5 Å². The highest BCUT2D eigenvalue weighted by Gasteiger charge is 2.45. The first-order valence-corrected chi connectivity index (χ1v) is 6.81. The third kappa shape index (κ3) is 2.42. The fraction of sp³-hybridized carbons (Fsp3) is 0.500. The number of hydrogen-bond donors (Lipinski definition) is 1. The van der Waals surface area contributed by atoms with Crippen molar-refractivity contribution in [3.63, 3.8) is 0 Å². The molecular weight excluding hydrogens is 252 g/mol. The summed E-state index contributed by atoms with van der Waals surface area (Å²) < 4.78 is 0. The minimum atomic E-state index is -0.528. The maximum absolute atomic E-state index is 12.5. The predicted octanol–water partition coefficient (Wildman–Crippen LogP) is 3.08. The van der Waals surface area contributed by atoms with E-state index in [-0.39, 0.29) is 17.2 Å². The van der Waals surface area contributed by atoms with Gasteiger partial charge in [0.1, 0.15) is 0 Å². The maximum atomic E-state index is 12.5. The Morgan fingerprint density at radius 1 is 1.00 bits per heavy atom. The molecule has 0 bridgehead atoms. The van der Waals surface area contributed by atoms with E-state index < -0.39 is 5.54 Å². The minimum absolute atomic E-state index is 0.0257. The van der Waals surface area contributed by atoms with Crippen LogP contribution in [0.1, 0.15) is 61.8 Å². The number of nitrogens with two attached hydrogens (primary N) is 1. The molecule has 0 radical (unpaired) electrons. The van der Waals surface area contributed by atoms with Crippen molar-refractivity contribution in [3.05, 3.63) is 29.3 Å². The second kappa shape index (κ2) is 4.33. The zero-order valence-electron chi connectivity index (χ0n) is 12.8. The lowest BCUT2D eigenvalue weighted by Crippen LogP contribution is -2.49. The van der Waals surface area contributed by atoms with Gasteiger partial charge in [-0.2, -0.15) is 0 Å². The molecule has 20 heavy (non-hydrogen) atoms. The van der Waals surface area contributed by atoms with Crippen LogP contribution < -0.4 is 5.73 Å². The van der Waals surface area contributed by atoms with Crippen LogP contribution in [0.2, 0.25) is 0 Å². The van der Waals surface area contributed by atoms with E-state index in [1.165, 1.54) is 4.90 Å². The smallest absolute Gasteiger partial charge is 0.262 e. The van der Waals surface area contributed by atoms with Crippen LogP contribution in [0.3, 0.4) is 0 Å². The molecule has 4 heteroatoms. The van der Waals surface area contributed by atoms with Crippen LogP contribution in [0, 0.1) is 5.41 Å². The Hall–Kier alpha value is -1.84. The lowest BCUT2D eigenvalue weighted by molar-refractivity contribution is 0.0408. The van der Waals surface area contributed by atoms with Crippen molar-refractivity contribution in [2.75, 3.05) is 5.73 Å². The lowest BCUT2D eigenvalue weighted by Gasteiger charge is -2.38. The molecule has 0 saturated carbocycles. The van der Waals surface area contributed by atoms with Gasteiger partial charge in [-0.05, 0) is 43.9 Å². The number of carbonyl (C=O) groups excluding carboxylic acids is 2. The van der Waals surface area contributed by atoms with E-state index in [0.29, 0.717) is 16.8 Å². The Morgan fingerprint density at radius 2 is 1.55 bits per heavy atom. The molecular formula is C16H22N2O2. The number of amides is 2. The monoisotopic (exact) mass is 274 g/mol. The number of imide groups is 1. The lowest BCUT2D eigenvalue weighted by atomic mass is 9.81. The van der Waals surface area contributed by atoms with E-state index >= 15 is 0 Å². The zero-order valence-corrected chi connectivity index (χ0v) is 12.8. The van der Waals surface area contributed by atoms with Gasteiger partial charge < -0.3 is 5.73 Å². The number of carbonyl (C=O) groups is 2. The molecule has 0 atom stereocenters. The van der Waals surface area contributed by atoms with Gasteiger partial charge in [0.05, 0.1) is 11.1 Å². The second-order valence-corrected chi connectivity index (χ2v) is 7.30. The summed E-state index contributed by atoms with van der Waals surface area (Å²) in [6, 6.07) is 4.88. The van der Waals surface area contributed by atoms with Gasteiger partial charge >= 0.3 is 0 Å². The van der Waals surface area contributed by atoms with Crippen LogP contribution in [0.5, 0.6) is 0 Å². The Labute approximate surface area is 119 Å². The number of nitrogens with zero attached hydrogens (tertiary/aromatic N) is 1. The van der Waals surface area contributed by atoms with Gasteiger partial charge in [-0.25, -0.2) is 0 Å². The maximum Gasteiger partial charge on any atom is 0.262 e. The Kier molecular flexibility index (Phi) is 3.16. The summed E-state index contributed by atoms with van der Waals surface area (Å²) >= 11 is 0. The number of hydrogen-bond acceptors (Lipinski definition) is 3. The van der Waals surface area contributed by atoms with E-state index in [2.05, 4.69) is 20.8 Å². The van der Waals surface area contributed by atoms with Gasteiger partial charge in [-0.15, -0.1) is 0 Å². The van der Waals surface area contributed by atoms with Crippen LogP contribution in [0.15, 0.2) is 18.2 Å². The molecule has 0 aromatic heterocycles. The SMILES string of the molecule is CC(C)(C)CC(C)(C)N1C(=O)c2ccc(N)cc2C1=O. The Balaban J connectivity index is 2.42. The third-order valence-electron chi connectivity index (χ3n) is 3.48. The van der Waals surface area contributed by atoms with Crippen LogP contribution in [-0.2, 0) is 0 Å². The Morgan fingerprint density at radius 3 is 2.10 bits per heavy atom. The van der Waals surface area contributed by atoms with Crippen LogP contribution in [-0.4, -0.2) is 22.3 Å². The van der Waals surface area contributed by atoms with Crippen LogP contribution >= 0.6 is 0 Å². The first-order chi connectivity index (χ1) is 9.03. The van der Waals surface area contributed by atoms with Crippen molar-refractivity contribution in [1.29, 1.82) is 0 Å². The second-order valence-electron chi connectivity index (χ2n) is 7.30. The average Bonchev–Trinajstić information content (AvgIpc) is 2.48. The molecule has 0 saturated heterocycles. The van der Waals surface area contributed by atoms with Crippen LogP contribution in [0.4, 0.5) is 5.69 Å². The van der Waals surface area contributed by atoms with E-state index in [0.717, 1.165) is 6.42 Å². The molecule has 2 rings (SSSR count). The zero-order chi connectivity index (χ0) is 15.3. The Bertz CT molecular complexity index is 583. The number of rotatable bonds is 2. The normalized spacial score (nSPS) is 15.8. The molecule has 108 valence electrons. The summed E-state index contributed by atoms with van der Waals surface area (Å²) in [5, 5.41) is 0. The molecule has 1 aliphatic rings. The highest BCUT2D eigenvalue weighted by molar-refractivity contribution is 6.22. The molecule has 0 fully saturated rings. The van der Waals surface area contributed by atoms with Gasteiger partial charge in [0, 0.05) is 11.2 Å². The van der Waals surface area contributed by atoms with Crippen molar-refractivity contribution in [2.45, 2.75) is 46.6 Å². The highest BCUT2D eigenvalue weighted by Crippen LogP contribution is 2.36. The van der Waals surface area contributed by atoms with Crippen molar-refractivity contribution in [1.82, 2.24) is 4.90 Å². The van der Waals surface area contributed by atoms with E-state index in [4.69, 9.17) is 5.73 Å². The summed E-state index contributed by atoms with van der Waals surface area (Å²) in [5.41, 5.74) is 6.58. The molecule has 1 aromatic carbocycles. The molecule has 1 heterocycles. The fourth-order valence-corrected chi connectivity index (χ4v) is 3.19. The van der Waals surface area contributed by atoms with Gasteiger partial charge in [0.15, 0.2) is 0 Å². The summed E-state index contributed by atoms with van der Waals surface area (Å²) in [6.45, 7) is 10.2. The molecule has 2 N–H and O–H groups in total. The van der Waals surface area contributed by atoms with Crippen LogP contribution in [0.25, 0.3) is 0 Å². The van der Waals surface area contributed by atoms with Gasteiger partial charge in [-0.1, -0.05) is 20.8 Å². The molecule has 0 spiro atoms. The number of fused-ring (bicyclic) bond motifs is 1. The fourth-order valence-electron chi connectivity index (χ4n) is 3.19. The molecule has 1 aliphatic heterocycles.